The van der Waals surface area contributed by atoms with Crippen LogP contribution in [0.15, 0.2) is 76.9 Å². The molecule has 31 heavy (non-hydrogen) atoms. The second kappa shape index (κ2) is 10.2. The maximum absolute atomic E-state index is 13.5. The number of hydrogen-bond donors (Lipinski definition) is 0. The molecule has 2 heterocycles. The molecule has 7 heteroatoms. The topological polar surface area (TPSA) is 51.7 Å². The Morgan fingerprint density at radius 2 is 1.97 bits per heavy atom. The lowest BCUT2D eigenvalue weighted by Crippen LogP contribution is -2.30. The van der Waals surface area contributed by atoms with Crippen molar-refractivity contribution >= 4 is 28.6 Å². The summed E-state index contributed by atoms with van der Waals surface area (Å²) in [5.41, 5.74) is 4.20. The predicted octanol–water partition coefficient (Wildman–Crippen LogP) is 5.63. The third kappa shape index (κ3) is 5.51. The molecule has 0 bridgehead atoms. The highest BCUT2D eigenvalue weighted by Crippen LogP contribution is 2.24. The van der Waals surface area contributed by atoms with Crippen LogP contribution < -0.4 is 9.47 Å². The van der Waals surface area contributed by atoms with Gasteiger partial charge >= 0.3 is 0 Å². The number of ether oxygens (including phenoxy) is 2. The molecule has 0 atom stereocenters. The molecule has 1 amide bonds. The van der Waals surface area contributed by atoms with Crippen molar-refractivity contribution in [2.75, 3.05) is 7.11 Å². The van der Waals surface area contributed by atoms with Crippen molar-refractivity contribution in [2.45, 2.75) is 19.7 Å². The first-order valence-electron chi connectivity index (χ1n) is 9.76. The third-order valence-electron chi connectivity index (χ3n) is 4.72. The van der Waals surface area contributed by atoms with Gasteiger partial charge in [0.15, 0.2) is 0 Å². The van der Waals surface area contributed by atoms with Gasteiger partial charge in [0, 0.05) is 21.4 Å². The highest BCUT2D eigenvalue weighted by Gasteiger charge is 2.19. The predicted molar refractivity (Wildman–Crippen MR) is 124 cm³/mol. The minimum atomic E-state index is -0.0570. The average Bonchev–Trinajstić information content (AvgIpc) is 3.52. The van der Waals surface area contributed by atoms with Gasteiger partial charge in [-0.1, -0.05) is 30.3 Å². The number of rotatable bonds is 9. The molecule has 2 aromatic carbocycles. The van der Waals surface area contributed by atoms with E-state index in [4.69, 9.17) is 9.47 Å². The highest BCUT2D eigenvalue weighted by atomic mass is 32.1. The summed E-state index contributed by atoms with van der Waals surface area (Å²) in [7, 11) is 1.65. The summed E-state index contributed by atoms with van der Waals surface area (Å²) >= 11 is 3.17. The van der Waals surface area contributed by atoms with Crippen LogP contribution in [-0.4, -0.2) is 22.9 Å². The van der Waals surface area contributed by atoms with E-state index in [-0.39, 0.29) is 5.91 Å². The van der Waals surface area contributed by atoms with Gasteiger partial charge in [-0.2, -0.15) is 0 Å². The fraction of sp³-hybridized carbons (Fsp3) is 0.167. The number of amides is 1. The molecule has 0 aliphatic carbocycles. The molecule has 0 spiro atoms. The number of para-hydroxylation sites is 1. The normalized spacial score (nSPS) is 10.6. The smallest absolute Gasteiger partial charge is 0.254 e. The summed E-state index contributed by atoms with van der Waals surface area (Å²) < 4.78 is 11.3. The van der Waals surface area contributed by atoms with E-state index in [0.29, 0.717) is 31.0 Å². The van der Waals surface area contributed by atoms with E-state index < -0.39 is 0 Å². The SMILES string of the molecule is COc1ccccc1CN(Cc1cccs1)C(=O)c1cccc(OCc2cscn2)c1. The zero-order valence-corrected chi connectivity index (χ0v) is 18.7. The molecule has 0 N–H and O–H groups in total. The van der Waals surface area contributed by atoms with Gasteiger partial charge in [-0.05, 0) is 35.7 Å². The first-order chi connectivity index (χ1) is 15.2. The molecular formula is C24H22N2O3S2. The number of nitrogens with zero attached hydrogens (tertiary/aromatic N) is 2. The Labute approximate surface area is 189 Å². The van der Waals surface area contributed by atoms with Crippen molar-refractivity contribution in [3.63, 3.8) is 0 Å². The molecule has 5 nitrogen and oxygen atoms in total. The quantitative estimate of drug-likeness (QED) is 0.331. The van der Waals surface area contributed by atoms with Crippen molar-refractivity contribution in [3.8, 4) is 11.5 Å². The first kappa shape index (κ1) is 21.1. The zero-order valence-electron chi connectivity index (χ0n) is 17.1. The lowest BCUT2D eigenvalue weighted by atomic mass is 10.1. The van der Waals surface area contributed by atoms with E-state index in [1.807, 2.05) is 70.3 Å². The van der Waals surface area contributed by atoms with Crippen molar-refractivity contribution in [3.05, 3.63) is 98.6 Å². The number of thiophene rings is 1. The van der Waals surface area contributed by atoms with Crippen LogP contribution in [0.4, 0.5) is 0 Å². The van der Waals surface area contributed by atoms with Gasteiger partial charge in [-0.15, -0.1) is 22.7 Å². The molecule has 0 fully saturated rings. The average molecular weight is 451 g/mol. The summed E-state index contributed by atoms with van der Waals surface area (Å²) in [5, 5.41) is 3.97. The van der Waals surface area contributed by atoms with Gasteiger partial charge in [0.05, 0.1) is 31.4 Å². The molecule has 4 aromatic rings. The number of carbonyl (C=O) groups excluding carboxylic acids is 1. The Kier molecular flexibility index (Phi) is 6.96. The van der Waals surface area contributed by atoms with Gasteiger partial charge in [0.1, 0.15) is 18.1 Å². The fourth-order valence-corrected chi connectivity index (χ4v) is 4.46. The summed E-state index contributed by atoms with van der Waals surface area (Å²) in [6, 6.07) is 19.1. The van der Waals surface area contributed by atoms with E-state index in [1.165, 1.54) is 11.3 Å². The number of hydrogen-bond acceptors (Lipinski definition) is 6. The van der Waals surface area contributed by atoms with E-state index >= 15 is 0 Å². The van der Waals surface area contributed by atoms with Crippen LogP contribution in [0.2, 0.25) is 0 Å². The van der Waals surface area contributed by atoms with Crippen LogP contribution in [0.25, 0.3) is 0 Å². The molecule has 0 saturated heterocycles. The van der Waals surface area contributed by atoms with Crippen molar-refractivity contribution in [2.24, 2.45) is 0 Å². The Bertz CT molecular complexity index is 1110. The summed E-state index contributed by atoms with van der Waals surface area (Å²) in [4.78, 5) is 20.7. The summed E-state index contributed by atoms with van der Waals surface area (Å²) in [6.07, 6.45) is 0. The molecule has 2 aromatic heterocycles. The van der Waals surface area contributed by atoms with Gasteiger partial charge in [-0.3, -0.25) is 4.79 Å². The molecule has 0 aliphatic heterocycles. The molecule has 0 radical (unpaired) electrons. The fourth-order valence-electron chi connectivity index (χ4n) is 3.20. The number of thiazole rings is 1. The van der Waals surface area contributed by atoms with Crippen LogP contribution in [-0.2, 0) is 19.7 Å². The Hall–Kier alpha value is -3.16. The van der Waals surface area contributed by atoms with Crippen molar-refractivity contribution < 1.29 is 14.3 Å². The van der Waals surface area contributed by atoms with Gasteiger partial charge in [-0.25, -0.2) is 4.98 Å². The Morgan fingerprint density at radius 1 is 1.06 bits per heavy atom. The molecule has 4 rings (SSSR count). The maximum Gasteiger partial charge on any atom is 0.254 e. The second-order valence-corrected chi connectivity index (χ2v) is 8.60. The third-order valence-corrected chi connectivity index (χ3v) is 6.22. The molecule has 0 aliphatic rings. The molecule has 0 unspecified atom stereocenters. The van der Waals surface area contributed by atoms with Crippen molar-refractivity contribution in [1.29, 1.82) is 0 Å². The van der Waals surface area contributed by atoms with Crippen LogP contribution in [0.1, 0.15) is 26.5 Å². The molecular weight excluding hydrogens is 428 g/mol. The molecule has 0 saturated carbocycles. The first-order valence-corrected chi connectivity index (χ1v) is 11.6. The van der Waals surface area contributed by atoms with E-state index in [0.717, 1.165) is 21.9 Å². The highest BCUT2D eigenvalue weighted by molar-refractivity contribution is 7.09. The Morgan fingerprint density at radius 3 is 2.74 bits per heavy atom. The van der Waals surface area contributed by atoms with Crippen LogP contribution >= 0.6 is 22.7 Å². The van der Waals surface area contributed by atoms with Crippen LogP contribution in [0.3, 0.4) is 0 Å². The standard InChI is InChI=1S/C24H22N2O3S2/c1-28-23-10-3-2-6-19(23)13-26(14-22-9-5-11-31-22)24(27)18-7-4-8-21(12-18)29-15-20-16-30-17-25-20/h2-12,16-17H,13-15H2,1H3. The summed E-state index contributed by atoms with van der Waals surface area (Å²) in [5.74, 6) is 1.36. The van der Waals surface area contributed by atoms with E-state index in [1.54, 1.807) is 30.0 Å². The van der Waals surface area contributed by atoms with Gasteiger partial charge in [0.2, 0.25) is 0 Å². The van der Waals surface area contributed by atoms with Gasteiger partial charge in [0.25, 0.3) is 5.91 Å². The number of methoxy groups -OCH3 is 1. The Balaban J connectivity index is 1.55. The van der Waals surface area contributed by atoms with Gasteiger partial charge < -0.3 is 14.4 Å². The van der Waals surface area contributed by atoms with Crippen LogP contribution in [0, 0.1) is 0 Å². The van der Waals surface area contributed by atoms with E-state index in [9.17, 15) is 4.79 Å². The minimum Gasteiger partial charge on any atom is -0.496 e. The monoisotopic (exact) mass is 450 g/mol. The number of carbonyl (C=O) groups is 1. The molecule has 158 valence electrons. The van der Waals surface area contributed by atoms with Crippen LogP contribution in [0.5, 0.6) is 11.5 Å². The maximum atomic E-state index is 13.5. The largest absolute Gasteiger partial charge is 0.496 e. The zero-order chi connectivity index (χ0) is 21.5. The van der Waals surface area contributed by atoms with Crippen molar-refractivity contribution in [1.82, 2.24) is 9.88 Å². The van der Waals surface area contributed by atoms with E-state index in [2.05, 4.69) is 4.98 Å². The summed E-state index contributed by atoms with van der Waals surface area (Å²) in [6.45, 7) is 1.35. The lowest BCUT2D eigenvalue weighted by Gasteiger charge is -2.23. The number of aromatic nitrogens is 1. The minimum absolute atomic E-state index is 0.0570. The lowest BCUT2D eigenvalue weighted by molar-refractivity contribution is 0.0730. The number of benzene rings is 2. The second-order valence-electron chi connectivity index (χ2n) is 6.85.